The van der Waals surface area contributed by atoms with E-state index in [4.69, 9.17) is 5.73 Å². The highest BCUT2D eigenvalue weighted by atomic mass is 32.1. The topological polar surface area (TPSA) is 38.9 Å². The second kappa shape index (κ2) is 3.31. The van der Waals surface area contributed by atoms with Gasteiger partial charge in [0.05, 0.1) is 17.2 Å². The summed E-state index contributed by atoms with van der Waals surface area (Å²) in [5.41, 5.74) is 9.28. The van der Waals surface area contributed by atoms with Crippen molar-refractivity contribution in [1.82, 2.24) is 4.98 Å². The van der Waals surface area contributed by atoms with Crippen LogP contribution in [0.15, 0.2) is 10.9 Å². The zero-order valence-corrected chi connectivity index (χ0v) is 9.04. The van der Waals surface area contributed by atoms with Crippen LogP contribution >= 0.6 is 11.3 Å². The van der Waals surface area contributed by atoms with Gasteiger partial charge in [-0.3, -0.25) is 0 Å². The summed E-state index contributed by atoms with van der Waals surface area (Å²) in [7, 11) is 0. The lowest BCUT2D eigenvalue weighted by Gasteiger charge is -2.26. The van der Waals surface area contributed by atoms with Crippen molar-refractivity contribution in [2.45, 2.75) is 31.7 Å². The SMILES string of the molecule is NC(c1cscn1)C1CC2CCC1C2. The van der Waals surface area contributed by atoms with Gasteiger partial charge in [-0.25, -0.2) is 4.98 Å². The molecule has 3 heteroatoms. The van der Waals surface area contributed by atoms with Gasteiger partial charge in [-0.1, -0.05) is 6.42 Å². The molecule has 2 fully saturated rings. The van der Waals surface area contributed by atoms with Crippen molar-refractivity contribution < 1.29 is 0 Å². The normalized spacial score (nSPS) is 37.6. The Morgan fingerprint density at radius 2 is 2.36 bits per heavy atom. The molecule has 2 aliphatic rings. The Morgan fingerprint density at radius 3 is 2.93 bits per heavy atom. The molecule has 14 heavy (non-hydrogen) atoms. The van der Waals surface area contributed by atoms with Crippen LogP contribution in [0.5, 0.6) is 0 Å². The van der Waals surface area contributed by atoms with Crippen LogP contribution in [0.25, 0.3) is 0 Å². The summed E-state index contributed by atoms with van der Waals surface area (Å²) in [4.78, 5) is 4.34. The average molecular weight is 208 g/mol. The molecule has 4 atom stereocenters. The maximum absolute atomic E-state index is 6.28. The quantitative estimate of drug-likeness (QED) is 0.811. The minimum atomic E-state index is 0.205. The summed E-state index contributed by atoms with van der Waals surface area (Å²) < 4.78 is 0. The summed E-state index contributed by atoms with van der Waals surface area (Å²) in [6, 6.07) is 0.205. The first-order valence-corrected chi connectivity index (χ1v) is 6.42. The van der Waals surface area contributed by atoms with Gasteiger partial charge in [0.2, 0.25) is 0 Å². The van der Waals surface area contributed by atoms with E-state index in [0.29, 0.717) is 0 Å². The molecular formula is C11H16N2S. The summed E-state index contributed by atoms with van der Waals surface area (Å²) in [6.07, 6.45) is 5.64. The summed E-state index contributed by atoms with van der Waals surface area (Å²) in [5.74, 6) is 2.60. The Bertz CT molecular complexity index is 309. The molecule has 1 aromatic rings. The second-order valence-corrected chi connectivity index (χ2v) is 5.50. The third kappa shape index (κ3) is 1.30. The van der Waals surface area contributed by atoms with E-state index >= 15 is 0 Å². The lowest BCUT2D eigenvalue weighted by Crippen LogP contribution is -2.26. The molecule has 0 aromatic carbocycles. The monoisotopic (exact) mass is 208 g/mol. The molecule has 2 saturated carbocycles. The first-order chi connectivity index (χ1) is 6.84. The summed E-state index contributed by atoms with van der Waals surface area (Å²) >= 11 is 1.66. The van der Waals surface area contributed by atoms with Crippen LogP contribution in [-0.2, 0) is 0 Å². The summed E-state index contributed by atoms with van der Waals surface area (Å²) in [6.45, 7) is 0. The highest BCUT2D eigenvalue weighted by molar-refractivity contribution is 7.07. The van der Waals surface area contributed by atoms with Crippen molar-refractivity contribution in [3.8, 4) is 0 Å². The van der Waals surface area contributed by atoms with Crippen LogP contribution in [0.2, 0.25) is 0 Å². The largest absolute Gasteiger partial charge is 0.322 e. The van der Waals surface area contributed by atoms with E-state index in [0.717, 1.165) is 23.4 Å². The van der Waals surface area contributed by atoms with Crippen molar-refractivity contribution in [1.29, 1.82) is 0 Å². The first-order valence-electron chi connectivity index (χ1n) is 5.48. The van der Waals surface area contributed by atoms with E-state index in [1.54, 1.807) is 11.3 Å². The van der Waals surface area contributed by atoms with Gasteiger partial charge >= 0.3 is 0 Å². The molecule has 2 aliphatic carbocycles. The Balaban J connectivity index is 1.77. The molecule has 2 bridgehead atoms. The number of thiazole rings is 1. The maximum Gasteiger partial charge on any atom is 0.0795 e. The van der Waals surface area contributed by atoms with Crippen molar-refractivity contribution in [3.63, 3.8) is 0 Å². The van der Waals surface area contributed by atoms with Crippen molar-refractivity contribution in [3.05, 3.63) is 16.6 Å². The van der Waals surface area contributed by atoms with Gasteiger partial charge in [-0.15, -0.1) is 11.3 Å². The predicted octanol–water partition coefficient (Wildman–Crippen LogP) is 2.58. The molecule has 0 saturated heterocycles. The zero-order valence-electron chi connectivity index (χ0n) is 8.23. The zero-order chi connectivity index (χ0) is 9.54. The van der Waals surface area contributed by atoms with Crippen LogP contribution < -0.4 is 5.73 Å². The maximum atomic E-state index is 6.28. The molecule has 2 N–H and O–H groups in total. The van der Waals surface area contributed by atoms with Crippen LogP contribution in [0.1, 0.15) is 37.4 Å². The Labute approximate surface area is 88.5 Å². The molecule has 0 amide bonds. The number of hydrogen-bond acceptors (Lipinski definition) is 3. The minimum absolute atomic E-state index is 0.205. The molecule has 3 rings (SSSR count). The smallest absolute Gasteiger partial charge is 0.0795 e. The van der Waals surface area contributed by atoms with Gasteiger partial charge in [0.1, 0.15) is 0 Å². The Kier molecular flexibility index (Phi) is 2.10. The molecule has 0 aliphatic heterocycles. The number of rotatable bonds is 2. The fourth-order valence-electron chi connectivity index (χ4n) is 3.34. The lowest BCUT2D eigenvalue weighted by molar-refractivity contribution is 0.282. The van der Waals surface area contributed by atoms with Gasteiger partial charge in [0.15, 0.2) is 0 Å². The first kappa shape index (κ1) is 8.86. The molecule has 0 radical (unpaired) electrons. The molecule has 4 unspecified atom stereocenters. The van der Waals surface area contributed by atoms with Gasteiger partial charge in [-0.05, 0) is 37.0 Å². The predicted molar refractivity (Wildman–Crippen MR) is 58.0 cm³/mol. The highest BCUT2D eigenvalue weighted by Gasteiger charge is 2.42. The fraction of sp³-hybridized carbons (Fsp3) is 0.727. The van der Waals surface area contributed by atoms with Gasteiger partial charge in [0.25, 0.3) is 0 Å². The van der Waals surface area contributed by atoms with Gasteiger partial charge in [-0.2, -0.15) is 0 Å². The van der Waals surface area contributed by atoms with Gasteiger partial charge in [0, 0.05) is 5.38 Å². The molecular weight excluding hydrogens is 192 g/mol. The number of nitrogens with two attached hydrogens (primary N) is 1. The molecule has 0 spiro atoms. The van der Waals surface area contributed by atoms with E-state index < -0.39 is 0 Å². The number of hydrogen-bond donors (Lipinski definition) is 1. The number of nitrogens with zero attached hydrogens (tertiary/aromatic N) is 1. The average Bonchev–Trinajstić information content (AvgIpc) is 2.93. The van der Waals surface area contributed by atoms with E-state index in [2.05, 4.69) is 10.4 Å². The Morgan fingerprint density at radius 1 is 1.43 bits per heavy atom. The third-order valence-corrected chi connectivity index (χ3v) is 4.65. The standard InChI is InChI=1S/C11H16N2S/c12-11(10-5-14-6-13-10)9-4-7-1-2-8(9)3-7/h5-9,11H,1-4,12H2. The lowest BCUT2D eigenvalue weighted by atomic mass is 9.83. The van der Waals surface area contributed by atoms with Crippen LogP contribution in [-0.4, -0.2) is 4.98 Å². The number of aromatic nitrogens is 1. The van der Waals surface area contributed by atoms with E-state index in [1.165, 1.54) is 25.7 Å². The van der Waals surface area contributed by atoms with Crippen LogP contribution in [0.4, 0.5) is 0 Å². The van der Waals surface area contributed by atoms with Crippen LogP contribution in [0, 0.1) is 17.8 Å². The molecule has 1 heterocycles. The molecule has 2 nitrogen and oxygen atoms in total. The van der Waals surface area contributed by atoms with E-state index in [1.807, 2.05) is 5.51 Å². The van der Waals surface area contributed by atoms with E-state index in [-0.39, 0.29) is 6.04 Å². The third-order valence-electron chi connectivity index (χ3n) is 4.05. The Hall–Kier alpha value is -0.410. The summed E-state index contributed by atoms with van der Waals surface area (Å²) in [5, 5.41) is 2.11. The highest BCUT2D eigenvalue weighted by Crippen LogP contribution is 2.51. The van der Waals surface area contributed by atoms with Crippen molar-refractivity contribution in [2.24, 2.45) is 23.5 Å². The van der Waals surface area contributed by atoms with Gasteiger partial charge < -0.3 is 5.73 Å². The second-order valence-electron chi connectivity index (χ2n) is 4.78. The van der Waals surface area contributed by atoms with Crippen molar-refractivity contribution >= 4 is 11.3 Å². The number of fused-ring (bicyclic) bond motifs is 2. The fourth-order valence-corrected chi connectivity index (χ4v) is 3.94. The molecule has 1 aromatic heterocycles. The van der Waals surface area contributed by atoms with E-state index in [9.17, 15) is 0 Å². The minimum Gasteiger partial charge on any atom is -0.322 e. The van der Waals surface area contributed by atoms with Crippen molar-refractivity contribution in [2.75, 3.05) is 0 Å². The molecule has 76 valence electrons. The van der Waals surface area contributed by atoms with Crippen LogP contribution in [0.3, 0.4) is 0 Å².